The van der Waals surface area contributed by atoms with Gasteiger partial charge in [-0.25, -0.2) is 0 Å². The summed E-state index contributed by atoms with van der Waals surface area (Å²) in [5.74, 6) is 2.33. The molecular weight excluding hydrogens is 254 g/mol. The third kappa shape index (κ3) is 3.64. The fourth-order valence-corrected chi connectivity index (χ4v) is 2.91. The predicted octanol–water partition coefficient (Wildman–Crippen LogP) is 2.39. The van der Waals surface area contributed by atoms with Gasteiger partial charge in [0, 0.05) is 12.7 Å². The largest absolute Gasteiger partial charge is 0.493 e. The van der Waals surface area contributed by atoms with E-state index in [-0.39, 0.29) is 0 Å². The molecule has 4 nitrogen and oxygen atoms in total. The fraction of sp³-hybridized carbons (Fsp3) is 0.625. The van der Waals surface area contributed by atoms with Gasteiger partial charge in [-0.05, 0) is 56.0 Å². The van der Waals surface area contributed by atoms with Crippen LogP contribution in [-0.4, -0.2) is 34.4 Å². The number of methoxy groups -OCH3 is 3. The zero-order valence-corrected chi connectivity index (χ0v) is 12.7. The Morgan fingerprint density at radius 1 is 1.10 bits per heavy atom. The van der Waals surface area contributed by atoms with Crippen LogP contribution in [-0.2, 0) is 17.8 Å². The smallest absolute Gasteiger partial charge is 0.166 e. The second-order valence-electron chi connectivity index (χ2n) is 5.32. The summed E-state index contributed by atoms with van der Waals surface area (Å²) in [6.07, 6.45) is 3.58. The summed E-state index contributed by atoms with van der Waals surface area (Å²) >= 11 is 0. The number of benzene rings is 1. The molecule has 112 valence electrons. The van der Waals surface area contributed by atoms with Gasteiger partial charge in [0.2, 0.25) is 0 Å². The molecule has 1 aliphatic rings. The summed E-state index contributed by atoms with van der Waals surface area (Å²) in [5, 5.41) is 3.41. The zero-order chi connectivity index (χ0) is 14.4. The van der Waals surface area contributed by atoms with Gasteiger partial charge in [0.25, 0.3) is 0 Å². The van der Waals surface area contributed by atoms with Gasteiger partial charge in [0.15, 0.2) is 11.5 Å². The predicted molar refractivity (Wildman–Crippen MR) is 79.6 cm³/mol. The summed E-state index contributed by atoms with van der Waals surface area (Å²) in [5.41, 5.74) is 2.36. The minimum absolute atomic E-state index is 0.541. The van der Waals surface area contributed by atoms with E-state index in [1.54, 1.807) is 21.3 Å². The topological polar surface area (TPSA) is 39.7 Å². The van der Waals surface area contributed by atoms with Gasteiger partial charge in [-0.1, -0.05) is 0 Å². The van der Waals surface area contributed by atoms with E-state index in [4.69, 9.17) is 14.2 Å². The number of hydrogen-bond donors (Lipinski definition) is 1. The molecule has 1 N–H and O–H groups in total. The molecule has 1 aliphatic heterocycles. The summed E-state index contributed by atoms with van der Waals surface area (Å²) < 4.78 is 16.2. The Morgan fingerprint density at radius 3 is 2.45 bits per heavy atom. The maximum atomic E-state index is 5.46. The third-order valence-corrected chi connectivity index (χ3v) is 3.90. The van der Waals surface area contributed by atoms with Gasteiger partial charge in [-0.15, -0.1) is 0 Å². The minimum Gasteiger partial charge on any atom is -0.493 e. The van der Waals surface area contributed by atoms with Crippen molar-refractivity contribution in [2.75, 3.05) is 34.4 Å². The molecule has 1 heterocycles. The summed E-state index contributed by atoms with van der Waals surface area (Å²) in [6.45, 7) is 2.80. The Hall–Kier alpha value is -1.26. The molecule has 0 aliphatic carbocycles. The Balaban J connectivity index is 2.21. The molecule has 1 aromatic rings. The van der Waals surface area contributed by atoms with Crippen LogP contribution in [0.5, 0.6) is 11.5 Å². The molecule has 2 rings (SSSR count). The molecule has 0 atom stereocenters. The molecule has 4 heteroatoms. The van der Waals surface area contributed by atoms with E-state index >= 15 is 0 Å². The average Bonchev–Trinajstić information content (AvgIpc) is 2.48. The summed E-state index contributed by atoms with van der Waals surface area (Å²) in [7, 11) is 5.05. The van der Waals surface area contributed by atoms with Crippen molar-refractivity contribution in [3.63, 3.8) is 0 Å². The van der Waals surface area contributed by atoms with Crippen LogP contribution in [0.25, 0.3) is 0 Å². The highest BCUT2D eigenvalue weighted by atomic mass is 16.5. The van der Waals surface area contributed by atoms with Gasteiger partial charge in [-0.3, -0.25) is 0 Å². The maximum absolute atomic E-state index is 5.46. The van der Waals surface area contributed by atoms with Crippen LogP contribution in [0.4, 0.5) is 0 Å². The SMILES string of the molecule is COCc1cc(CC2CCNCC2)cc(OC)c1OC. The molecule has 20 heavy (non-hydrogen) atoms. The lowest BCUT2D eigenvalue weighted by atomic mass is 9.90. The number of nitrogens with one attached hydrogen (secondary N) is 1. The van der Waals surface area contributed by atoms with E-state index in [9.17, 15) is 0 Å². The molecule has 0 unspecified atom stereocenters. The highest BCUT2D eigenvalue weighted by Gasteiger charge is 2.17. The standard InChI is InChI=1S/C16H25NO3/c1-18-11-14-9-13(8-12-4-6-17-7-5-12)10-15(19-2)16(14)20-3/h9-10,12,17H,4-8,11H2,1-3H3. The van der Waals surface area contributed by atoms with Gasteiger partial charge >= 0.3 is 0 Å². The Morgan fingerprint density at radius 2 is 1.85 bits per heavy atom. The first-order chi connectivity index (χ1) is 9.78. The van der Waals surface area contributed by atoms with Crippen molar-refractivity contribution in [1.82, 2.24) is 5.32 Å². The van der Waals surface area contributed by atoms with Crippen LogP contribution in [0.2, 0.25) is 0 Å². The molecule has 0 aromatic heterocycles. The van der Waals surface area contributed by atoms with Gasteiger partial charge < -0.3 is 19.5 Å². The quantitative estimate of drug-likeness (QED) is 0.868. The van der Waals surface area contributed by atoms with Crippen LogP contribution in [0.15, 0.2) is 12.1 Å². The second kappa shape index (κ2) is 7.50. The lowest BCUT2D eigenvalue weighted by Crippen LogP contribution is -2.28. The van der Waals surface area contributed by atoms with E-state index in [1.807, 2.05) is 0 Å². The highest BCUT2D eigenvalue weighted by Crippen LogP contribution is 2.34. The first-order valence-electron chi connectivity index (χ1n) is 7.22. The van der Waals surface area contributed by atoms with E-state index in [2.05, 4.69) is 17.4 Å². The normalized spacial score (nSPS) is 16.1. The Bertz CT molecular complexity index is 428. The molecule has 0 saturated carbocycles. The maximum Gasteiger partial charge on any atom is 0.166 e. The van der Waals surface area contributed by atoms with Crippen molar-refractivity contribution in [2.24, 2.45) is 5.92 Å². The van der Waals surface area contributed by atoms with Gasteiger partial charge in [0.1, 0.15) is 0 Å². The molecule has 0 amide bonds. The fourth-order valence-electron chi connectivity index (χ4n) is 2.91. The van der Waals surface area contributed by atoms with Crippen LogP contribution in [0, 0.1) is 5.92 Å². The third-order valence-electron chi connectivity index (χ3n) is 3.90. The number of piperidine rings is 1. The molecule has 0 bridgehead atoms. The van der Waals surface area contributed by atoms with Gasteiger partial charge in [0.05, 0.1) is 20.8 Å². The highest BCUT2D eigenvalue weighted by molar-refractivity contribution is 5.49. The van der Waals surface area contributed by atoms with Crippen LogP contribution in [0.1, 0.15) is 24.0 Å². The van der Waals surface area contributed by atoms with Gasteiger partial charge in [-0.2, -0.15) is 0 Å². The zero-order valence-electron chi connectivity index (χ0n) is 12.7. The first-order valence-corrected chi connectivity index (χ1v) is 7.22. The Kier molecular flexibility index (Phi) is 5.68. The molecule has 0 radical (unpaired) electrons. The molecular formula is C16H25NO3. The number of rotatable bonds is 6. The second-order valence-corrected chi connectivity index (χ2v) is 5.32. The van der Waals surface area contributed by atoms with Crippen molar-refractivity contribution in [1.29, 1.82) is 0 Å². The number of ether oxygens (including phenoxy) is 3. The molecule has 1 aromatic carbocycles. The van der Waals surface area contributed by atoms with E-state index in [1.165, 1.54) is 18.4 Å². The van der Waals surface area contributed by atoms with Crippen molar-refractivity contribution in [3.05, 3.63) is 23.3 Å². The lowest BCUT2D eigenvalue weighted by Gasteiger charge is -2.23. The lowest BCUT2D eigenvalue weighted by molar-refractivity contribution is 0.180. The summed E-state index contributed by atoms with van der Waals surface area (Å²) in [6, 6.07) is 4.28. The first kappa shape index (κ1) is 15.1. The Labute approximate surface area is 121 Å². The van der Waals surface area contributed by atoms with E-state index in [0.29, 0.717) is 6.61 Å². The van der Waals surface area contributed by atoms with Crippen LogP contribution >= 0.6 is 0 Å². The van der Waals surface area contributed by atoms with Crippen molar-refractivity contribution in [3.8, 4) is 11.5 Å². The van der Waals surface area contributed by atoms with E-state index < -0.39 is 0 Å². The van der Waals surface area contributed by atoms with E-state index in [0.717, 1.165) is 42.5 Å². The van der Waals surface area contributed by atoms with Crippen molar-refractivity contribution in [2.45, 2.75) is 25.9 Å². The molecule has 1 saturated heterocycles. The summed E-state index contributed by atoms with van der Waals surface area (Å²) in [4.78, 5) is 0. The number of hydrogen-bond acceptors (Lipinski definition) is 4. The van der Waals surface area contributed by atoms with Crippen molar-refractivity contribution < 1.29 is 14.2 Å². The van der Waals surface area contributed by atoms with Crippen LogP contribution < -0.4 is 14.8 Å². The monoisotopic (exact) mass is 279 g/mol. The average molecular weight is 279 g/mol. The minimum atomic E-state index is 0.541. The molecule has 1 fully saturated rings. The van der Waals surface area contributed by atoms with Crippen molar-refractivity contribution >= 4 is 0 Å². The molecule has 0 spiro atoms. The van der Waals surface area contributed by atoms with Crippen LogP contribution in [0.3, 0.4) is 0 Å².